The number of benzene rings is 2. The van der Waals surface area contributed by atoms with Crippen LogP contribution in [0.25, 0.3) is 65.5 Å². The van der Waals surface area contributed by atoms with Crippen molar-refractivity contribution in [1.82, 2.24) is 29.9 Å². The molecule has 0 saturated heterocycles. The van der Waals surface area contributed by atoms with E-state index < -0.39 is 0 Å². The molecule has 7 rings (SSSR count). The van der Waals surface area contributed by atoms with Crippen LogP contribution in [0.3, 0.4) is 0 Å². The molecular formula is C33H24N6S3. The lowest BCUT2D eigenvalue weighted by Crippen LogP contribution is -1.97. The molecule has 0 N–H and O–H groups in total. The fraction of sp³-hybridized carbons (Fsp3) is 0.0909. The number of hydrogen-bond donors (Lipinski definition) is 0. The van der Waals surface area contributed by atoms with E-state index in [4.69, 9.17) is 15.0 Å². The molecule has 0 bridgehead atoms. The van der Waals surface area contributed by atoms with Crippen LogP contribution >= 0.6 is 34.0 Å². The molecule has 0 unspecified atom stereocenters. The van der Waals surface area contributed by atoms with Crippen molar-refractivity contribution in [2.24, 2.45) is 0 Å². The molecule has 0 radical (unpaired) electrons. The standard InChI is InChI=1S/C33H24N6S3/c1-19-34-16-30(40-19)23-8-4-7-22(13-23)28-15-29(26-11-6-12-27(37-26)32-18-36-21(3)42-32)39-33(38-28)25-10-5-9-24(14-25)31-17-35-20(2)41-31/h4-18H,1-3H3. The fourth-order valence-electron chi connectivity index (χ4n) is 4.68. The van der Waals surface area contributed by atoms with Gasteiger partial charge >= 0.3 is 0 Å². The van der Waals surface area contributed by atoms with Crippen molar-refractivity contribution in [1.29, 1.82) is 0 Å². The van der Waals surface area contributed by atoms with E-state index in [1.165, 1.54) is 0 Å². The second kappa shape index (κ2) is 11.1. The van der Waals surface area contributed by atoms with Gasteiger partial charge < -0.3 is 0 Å². The van der Waals surface area contributed by atoms with Crippen molar-refractivity contribution in [3.05, 3.63) is 106 Å². The van der Waals surface area contributed by atoms with Crippen LogP contribution in [0.2, 0.25) is 0 Å². The van der Waals surface area contributed by atoms with Crippen LogP contribution in [0.1, 0.15) is 15.0 Å². The minimum Gasteiger partial charge on any atom is -0.249 e. The Balaban J connectivity index is 1.38. The minimum absolute atomic E-state index is 0.644. The van der Waals surface area contributed by atoms with E-state index in [2.05, 4.69) is 57.4 Å². The Hall–Kier alpha value is -4.44. The monoisotopic (exact) mass is 600 g/mol. The number of rotatable bonds is 6. The summed E-state index contributed by atoms with van der Waals surface area (Å²) >= 11 is 4.99. The number of aromatic nitrogens is 6. The van der Waals surface area contributed by atoms with Crippen LogP contribution in [0, 0.1) is 20.8 Å². The van der Waals surface area contributed by atoms with Crippen molar-refractivity contribution >= 4 is 34.0 Å². The summed E-state index contributed by atoms with van der Waals surface area (Å²) in [5.41, 5.74) is 7.41. The van der Waals surface area contributed by atoms with Crippen LogP contribution in [-0.2, 0) is 0 Å². The third-order valence-corrected chi connectivity index (χ3v) is 9.56. The molecule has 0 amide bonds. The summed E-state index contributed by atoms with van der Waals surface area (Å²) < 4.78 is 0. The van der Waals surface area contributed by atoms with Gasteiger partial charge in [-0.25, -0.2) is 29.9 Å². The molecule has 42 heavy (non-hydrogen) atoms. The maximum absolute atomic E-state index is 5.09. The van der Waals surface area contributed by atoms with Gasteiger partial charge in [0, 0.05) is 29.7 Å². The predicted octanol–water partition coefficient (Wildman–Crippen LogP) is 9.17. The van der Waals surface area contributed by atoms with Crippen LogP contribution in [0.4, 0.5) is 0 Å². The molecule has 0 atom stereocenters. The zero-order valence-corrected chi connectivity index (χ0v) is 25.5. The molecule has 5 aromatic heterocycles. The highest BCUT2D eigenvalue weighted by Gasteiger charge is 2.15. The van der Waals surface area contributed by atoms with Crippen LogP contribution in [0.5, 0.6) is 0 Å². The maximum Gasteiger partial charge on any atom is 0.160 e. The molecule has 6 nitrogen and oxygen atoms in total. The number of aryl methyl sites for hydroxylation is 3. The third-order valence-electron chi connectivity index (χ3n) is 6.70. The normalized spacial score (nSPS) is 11.2. The maximum atomic E-state index is 5.09. The molecule has 0 spiro atoms. The van der Waals surface area contributed by atoms with E-state index in [0.29, 0.717) is 5.82 Å². The molecule has 0 aliphatic carbocycles. The first-order valence-electron chi connectivity index (χ1n) is 13.3. The minimum atomic E-state index is 0.644. The van der Waals surface area contributed by atoms with E-state index in [1.807, 2.05) is 69.7 Å². The van der Waals surface area contributed by atoms with E-state index in [9.17, 15) is 0 Å². The molecule has 7 aromatic rings. The topological polar surface area (TPSA) is 77.3 Å². The average Bonchev–Trinajstić information content (AvgIpc) is 3.78. The lowest BCUT2D eigenvalue weighted by Gasteiger charge is -2.11. The van der Waals surface area contributed by atoms with Crippen molar-refractivity contribution in [2.75, 3.05) is 0 Å². The highest BCUT2D eigenvalue weighted by atomic mass is 32.1. The lowest BCUT2D eigenvalue weighted by molar-refractivity contribution is 1.16. The second-order valence-electron chi connectivity index (χ2n) is 9.76. The van der Waals surface area contributed by atoms with Gasteiger partial charge in [0.05, 0.1) is 52.4 Å². The van der Waals surface area contributed by atoms with Crippen molar-refractivity contribution < 1.29 is 0 Å². The van der Waals surface area contributed by atoms with E-state index >= 15 is 0 Å². The molecular weight excluding hydrogens is 577 g/mol. The van der Waals surface area contributed by atoms with E-state index in [-0.39, 0.29) is 0 Å². The Kier molecular flexibility index (Phi) is 6.99. The zero-order valence-electron chi connectivity index (χ0n) is 23.1. The smallest absolute Gasteiger partial charge is 0.160 e. The van der Waals surface area contributed by atoms with Crippen LogP contribution in [-0.4, -0.2) is 29.9 Å². The van der Waals surface area contributed by atoms with Crippen molar-refractivity contribution in [2.45, 2.75) is 20.8 Å². The molecule has 9 heteroatoms. The molecule has 2 aromatic carbocycles. The molecule has 5 heterocycles. The highest BCUT2D eigenvalue weighted by Crippen LogP contribution is 2.34. The van der Waals surface area contributed by atoms with Crippen molar-refractivity contribution in [3.63, 3.8) is 0 Å². The fourth-order valence-corrected chi connectivity index (χ4v) is 6.98. The van der Waals surface area contributed by atoms with E-state index in [0.717, 1.165) is 74.7 Å². The van der Waals surface area contributed by atoms with Gasteiger partial charge in [-0.05, 0) is 62.2 Å². The SMILES string of the molecule is Cc1ncc(-c2cccc(-c3cc(-c4cccc(-c5cnc(C)s5)n4)nc(-c4cccc(-c5cnc(C)s5)c4)n3)c2)s1. The summed E-state index contributed by atoms with van der Waals surface area (Å²) in [5, 5.41) is 3.09. The summed E-state index contributed by atoms with van der Waals surface area (Å²) in [6.07, 6.45) is 5.73. The average molecular weight is 601 g/mol. The van der Waals surface area contributed by atoms with Gasteiger partial charge in [0.2, 0.25) is 0 Å². The second-order valence-corrected chi connectivity index (χ2v) is 13.5. The number of thiazole rings is 3. The molecule has 0 fully saturated rings. The molecule has 0 saturated carbocycles. The van der Waals surface area contributed by atoms with Gasteiger partial charge in [-0.3, -0.25) is 0 Å². The van der Waals surface area contributed by atoms with Gasteiger partial charge in [-0.1, -0.05) is 42.5 Å². The summed E-state index contributed by atoms with van der Waals surface area (Å²) in [5.74, 6) is 0.644. The van der Waals surface area contributed by atoms with Gasteiger partial charge in [0.25, 0.3) is 0 Å². The molecule has 0 aliphatic heterocycles. The number of hydrogen-bond acceptors (Lipinski definition) is 9. The van der Waals surface area contributed by atoms with Gasteiger partial charge in [-0.15, -0.1) is 34.0 Å². The number of pyridine rings is 1. The third kappa shape index (κ3) is 5.42. The zero-order chi connectivity index (χ0) is 28.6. The summed E-state index contributed by atoms with van der Waals surface area (Å²) in [6, 6.07) is 24.8. The largest absolute Gasteiger partial charge is 0.249 e. The summed E-state index contributed by atoms with van der Waals surface area (Å²) in [7, 11) is 0. The number of nitrogens with zero attached hydrogens (tertiary/aromatic N) is 6. The molecule has 204 valence electrons. The lowest BCUT2D eigenvalue weighted by atomic mass is 10.0. The van der Waals surface area contributed by atoms with Crippen molar-refractivity contribution in [3.8, 4) is 65.5 Å². The predicted molar refractivity (Wildman–Crippen MR) is 174 cm³/mol. The van der Waals surface area contributed by atoms with Crippen LogP contribution < -0.4 is 0 Å². The summed E-state index contributed by atoms with van der Waals surface area (Å²) in [6.45, 7) is 6.05. The Labute approximate surface area is 255 Å². The quantitative estimate of drug-likeness (QED) is 0.189. The first kappa shape index (κ1) is 26.5. The first-order valence-corrected chi connectivity index (χ1v) is 15.8. The Morgan fingerprint density at radius 3 is 1.55 bits per heavy atom. The summed E-state index contributed by atoms with van der Waals surface area (Å²) in [4.78, 5) is 31.7. The Morgan fingerprint density at radius 1 is 0.429 bits per heavy atom. The van der Waals surface area contributed by atoms with E-state index in [1.54, 1.807) is 34.0 Å². The highest BCUT2D eigenvalue weighted by molar-refractivity contribution is 7.15. The first-order chi connectivity index (χ1) is 20.5. The van der Waals surface area contributed by atoms with Gasteiger partial charge in [0.15, 0.2) is 5.82 Å². The van der Waals surface area contributed by atoms with Crippen LogP contribution in [0.15, 0.2) is 91.4 Å². The molecule has 0 aliphatic rings. The van der Waals surface area contributed by atoms with Gasteiger partial charge in [0.1, 0.15) is 0 Å². The Morgan fingerprint density at radius 2 is 0.929 bits per heavy atom. The Bertz CT molecular complexity index is 1810. The van der Waals surface area contributed by atoms with Gasteiger partial charge in [-0.2, -0.15) is 0 Å².